The van der Waals surface area contributed by atoms with E-state index in [4.69, 9.17) is 0 Å². The number of hydrogen-bond acceptors (Lipinski definition) is 4. The first-order chi connectivity index (χ1) is 7.79. The summed E-state index contributed by atoms with van der Waals surface area (Å²) in [5.41, 5.74) is 0. The number of nitrogens with one attached hydrogen (secondary N) is 2. The van der Waals surface area contributed by atoms with Crippen molar-refractivity contribution in [2.24, 2.45) is 5.92 Å². The lowest BCUT2D eigenvalue weighted by Gasteiger charge is -2.22. The molecule has 17 heavy (non-hydrogen) atoms. The summed E-state index contributed by atoms with van der Waals surface area (Å²) >= 11 is 0. The van der Waals surface area contributed by atoms with Crippen LogP contribution in [0.15, 0.2) is 0 Å². The summed E-state index contributed by atoms with van der Waals surface area (Å²) < 4.78 is 4.59. The van der Waals surface area contributed by atoms with Gasteiger partial charge >= 0.3 is 5.97 Å². The van der Waals surface area contributed by atoms with Crippen LogP contribution in [0.3, 0.4) is 0 Å². The second kappa shape index (κ2) is 6.88. The molecule has 0 radical (unpaired) electrons. The van der Waals surface area contributed by atoms with Gasteiger partial charge in [-0.05, 0) is 12.8 Å². The van der Waals surface area contributed by atoms with Crippen LogP contribution >= 0.6 is 0 Å². The molecular weight excluding hydrogens is 224 g/mol. The van der Waals surface area contributed by atoms with Crippen LogP contribution in [0, 0.1) is 5.92 Å². The minimum atomic E-state index is -0.705. The molecule has 2 atom stereocenters. The molecule has 2 amide bonds. The molecule has 0 spiro atoms. The zero-order chi connectivity index (χ0) is 13.6. The van der Waals surface area contributed by atoms with E-state index in [1.54, 1.807) is 20.8 Å². The van der Waals surface area contributed by atoms with Crippen molar-refractivity contribution < 1.29 is 19.1 Å². The maximum Gasteiger partial charge on any atom is 0.328 e. The number of esters is 1. The maximum absolute atomic E-state index is 11.7. The number of hydrogen-bond donors (Lipinski definition) is 2. The minimum Gasteiger partial charge on any atom is -0.467 e. The number of carbonyl (C=O) groups is 3. The summed E-state index contributed by atoms with van der Waals surface area (Å²) in [6.07, 6.45) is 0. The number of amides is 2. The van der Waals surface area contributed by atoms with Gasteiger partial charge in [-0.3, -0.25) is 9.59 Å². The highest BCUT2D eigenvalue weighted by molar-refractivity contribution is 5.90. The number of carbonyl (C=O) groups excluding carboxylic acids is 3. The van der Waals surface area contributed by atoms with Crippen molar-refractivity contribution in [1.29, 1.82) is 0 Å². The van der Waals surface area contributed by atoms with E-state index in [2.05, 4.69) is 15.4 Å². The first-order valence-corrected chi connectivity index (χ1v) is 5.44. The molecule has 0 rings (SSSR count). The molecule has 98 valence electrons. The Balaban J connectivity index is 4.50. The molecule has 0 aromatic carbocycles. The fourth-order valence-electron chi connectivity index (χ4n) is 1.27. The second-order valence-electron chi connectivity index (χ2n) is 4.18. The third-order valence-corrected chi connectivity index (χ3v) is 2.23. The Morgan fingerprint density at radius 2 is 1.59 bits per heavy atom. The number of methoxy groups -OCH3 is 1. The van der Waals surface area contributed by atoms with Crippen LogP contribution in [0.1, 0.15) is 27.7 Å². The maximum atomic E-state index is 11.7. The third kappa shape index (κ3) is 5.33. The molecule has 0 saturated carbocycles. The number of rotatable bonds is 5. The van der Waals surface area contributed by atoms with Gasteiger partial charge in [0.25, 0.3) is 0 Å². The van der Waals surface area contributed by atoms with E-state index in [-0.39, 0.29) is 11.8 Å². The summed E-state index contributed by atoms with van der Waals surface area (Å²) in [5, 5.41) is 4.98. The van der Waals surface area contributed by atoms with Gasteiger partial charge in [-0.2, -0.15) is 0 Å². The topological polar surface area (TPSA) is 84.5 Å². The Labute approximate surface area is 101 Å². The molecule has 0 aromatic heterocycles. The molecule has 0 unspecified atom stereocenters. The standard InChI is InChI=1S/C11H20N2O4/c1-6(2)9(11(16)17-5)13-10(15)7(3)12-8(4)14/h6-7,9H,1-5H3,(H,12,14)(H,13,15)/t7-,9-/m0/s1. The monoisotopic (exact) mass is 244 g/mol. The lowest BCUT2D eigenvalue weighted by atomic mass is 10.0. The molecule has 0 aromatic rings. The highest BCUT2D eigenvalue weighted by atomic mass is 16.5. The van der Waals surface area contributed by atoms with Gasteiger partial charge in [-0.1, -0.05) is 13.8 Å². The van der Waals surface area contributed by atoms with Crippen LogP contribution in [0.5, 0.6) is 0 Å². The van der Waals surface area contributed by atoms with Crippen molar-refractivity contribution >= 4 is 17.8 Å². The fraction of sp³-hybridized carbons (Fsp3) is 0.727. The third-order valence-electron chi connectivity index (χ3n) is 2.23. The Hall–Kier alpha value is -1.59. The van der Waals surface area contributed by atoms with Crippen LogP contribution < -0.4 is 10.6 Å². The summed E-state index contributed by atoms with van der Waals surface area (Å²) in [5.74, 6) is -1.30. The molecule has 2 N–H and O–H groups in total. The van der Waals surface area contributed by atoms with Gasteiger partial charge in [0.2, 0.25) is 11.8 Å². The van der Waals surface area contributed by atoms with Gasteiger partial charge in [-0.25, -0.2) is 4.79 Å². The number of ether oxygens (including phenoxy) is 1. The van der Waals surface area contributed by atoms with E-state index in [0.717, 1.165) is 0 Å². The lowest BCUT2D eigenvalue weighted by molar-refractivity contribution is -0.146. The molecular formula is C11H20N2O4. The van der Waals surface area contributed by atoms with Gasteiger partial charge in [0.05, 0.1) is 7.11 Å². The van der Waals surface area contributed by atoms with E-state index in [1.807, 2.05) is 0 Å². The van der Waals surface area contributed by atoms with Gasteiger partial charge in [0.1, 0.15) is 12.1 Å². The average Bonchev–Trinajstić information content (AvgIpc) is 2.22. The van der Waals surface area contributed by atoms with E-state index in [0.29, 0.717) is 0 Å². The van der Waals surface area contributed by atoms with Crippen LogP contribution in [-0.2, 0) is 19.1 Å². The second-order valence-corrected chi connectivity index (χ2v) is 4.18. The molecule has 6 nitrogen and oxygen atoms in total. The van der Waals surface area contributed by atoms with Gasteiger partial charge < -0.3 is 15.4 Å². The summed E-state index contributed by atoms with van der Waals surface area (Å²) in [4.78, 5) is 33.9. The fourth-order valence-corrected chi connectivity index (χ4v) is 1.27. The van der Waals surface area contributed by atoms with E-state index in [9.17, 15) is 14.4 Å². The first-order valence-electron chi connectivity index (χ1n) is 5.44. The molecule has 0 aliphatic carbocycles. The van der Waals surface area contributed by atoms with Crippen molar-refractivity contribution in [3.8, 4) is 0 Å². The van der Waals surface area contributed by atoms with Gasteiger partial charge in [-0.15, -0.1) is 0 Å². The Morgan fingerprint density at radius 1 is 1.06 bits per heavy atom. The average molecular weight is 244 g/mol. The lowest BCUT2D eigenvalue weighted by Crippen LogP contribution is -2.52. The first kappa shape index (κ1) is 15.4. The smallest absolute Gasteiger partial charge is 0.328 e. The Kier molecular flexibility index (Phi) is 6.23. The van der Waals surface area contributed by atoms with Crippen LogP contribution in [0.2, 0.25) is 0 Å². The SMILES string of the molecule is COC(=O)[C@@H](NC(=O)[C@H](C)NC(C)=O)C(C)C. The molecule has 0 aliphatic heterocycles. The molecule has 0 aliphatic rings. The predicted octanol–water partition coefficient (Wildman–Crippen LogP) is -0.175. The van der Waals surface area contributed by atoms with Crippen molar-refractivity contribution in [2.75, 3.05) is 7.11 Å². The van der Waals surface area contributed by atoms with Crippen LogP contribution in [0.25, 0.3) is 0 Å². The quantitative estimate of drug-likeness (QED) is 0.657. The summed E-state index contributed by atoms with van der Waals surface area (Å²) in [6.45, 7) is 6.46. The van der Waals surface area contributed by atoms with Crippen molar-refractivity contribution in [1.82, 2.24) is 10.6 Å². The normalized spacial score (nSPS) is 13.8. The molecule has 0 bridgehead atoms. The van der Waals surface area contributed by atoms with Crippen LogP contribution in [0.4, 0.5) is 0 Å². The largest absolute Gasteiger partial charge is 0.467 e. The highest BCUT2D eigenvalue weighted by Crippen LogP contribution is 2.03. The van der Waals surface area contributed by atoms with E-state index in [1.165, 1.54) is 14.0 Å². The highest BCUT2D eigenvalue weighted by Gasteiger charge is 2.26. The molecule has 0 heterocycles. The molecule has 0 fully saturated rings. The Bertz CT molecular complexity index is 302. The summed E-state index contributed by atoms with van der Waals surface area (Å²) in [6, 6.07) is -1.39. The predicted molar refractivity (Wildman–Crippen MR) is 62.1 cm³/mol. The van der Waals surface area contributed by atoms with E-state index >= 15 is 0 Å². The zero-order valence-corrected chi connectivity index (χ0v) is 10.9. The minimum absolute atomic E-state index is 0.0871. The molecule has 6 heteroatoms. The zero-order valence-electron chi connectivity index (χ0n) is 10.9. The summed E-state index contributed by atoms with van der Waals surface area (Å²) in [7, 11) is 1.26. The van der Waals surface area contributed by atoms with Crippen LogP contribution in [-0.4, -0.2) is 37.0 Å². The Morgan fingerprint density at radius 3 is 1.94 bits per heavy atom. The van der Waals surface area contributed by atoms with Gasteiger partial charge in [0.15, 0.2) is 0 Å². The van der Waals surface area contributed by atoms with Crippen molar-refractivity contribution in [2.45, 2.75) is 39.8 Å². The van der Waals surface area contributed by atoms with Gasteiger partial charge in [0, 0.05) is 6.92 Å². The van der Waals surface area contributed by atoms with Crippen molar-refractivity contribution in [3.63, 3.8) is 0 Å². The molecule has 0 saturated heterocycles. The van der Waals surface area contributed by atoms with Crippen molar-refractivity contribution in [3.05, 3.63) is 0 Å². The van der Waals surface area contributed by atoms with E-state index < -0.39 is 24.0 Å².